The summed E-state index contributed by atoms with van der Waals surface area (Å²) < 4.78 is 40.6. The Kier molecular flexibility index (Phi) is 6.42. The summed E-state index contributed by atoms with van der Waals surface area (Å²) in [4.78, 5) is -0.0367. The van der Waals surface area contributed by atoms with Gasteiger partial charge in [0.15, 0.2) is 0 Å². The van der Waals surface area contributed by atoms with E-state index < -0.39 is 15.8 Å². The van der Waals surface area contributed by atoms with Crippen LogP contribution in [0.15, 0.2) is 27.6 Å². The molecule has 0 saturated heterocycles. The maximum absolute atomic E-state index is 13.4. The van der Waals surface area contributed by atoms with Crippen molar-refractivity contribution >= 4 is 26.0 Å². The minimum Gasteiger partial charge on any atom is -0.208 e. The lowest BCUT2D eigenvalue weighted by Crippen LogP contribution is -2.34. The maximum atomic E-state index is 13.4. The molecule has 0 aliphatic carbocycles. The first kappa shape index (κ1) is 16.6. The van der Waals surface area contributed by atoms with E-state index in [4.69, 9.17) is 0 Å². The van der Waals surface area contributed by atoms with E-state index in [0.29, 0.717) is 0 Å². The fourth-order valence-electron chi connectivity index (χ4n) is 1.89. The van der Waals surface area contributed by atoms with E-state index in [1.807, 2.05) is 13.8 Å². The number of hydrogen-bond acceptors (Lipinski definition) is 2. The number of rotatable bonds is 7. The molecule has 0 aliphatic heterocycles. The molecule has 108 valence electrons. The van der Waals surface area contributed by atoms with E-state index in [1.54, 1.807) is 0 Å². The molecule has 0 aromatic heterocycles. The van der Waals surface area contributed by atoms with Gasteiger partial charge < -0.3 is 0 Å². The van der Waals surface area contributed by atoms with Gasteiger partial charge in [-0.25, -0.2) is 17.5 Å². The van der Waals surface area contributed by atoms with Crippen molar-refractivity contribution in [2.24, 2.45) is 0 Å². The highest BCUT2D eigenvalue weighted by molar-refractivity contribution is 9.10. The summed E-state index contributed by atoms with van der Waals surface area (Å²) in [7, 11) is -3.65. The van der Waals surface area contributed by atoms with Gasteiger partial charge in [0.2, 0.25) is 10.0 Å². The molecule has 0 aliphatic rings. The Morgan fingerprint density at radius 1 is 1.26 bits per heavy atom. The molecule has 0 spiro atoms. The van der Waals surface area contributed by atoms with Gasteiger partial charge in [0, 0.05) is 6.04 Å². The molecular weight excluding hydrogens is 333 g/mol. The van der Waals surface area contributed by atoms with Gasteiger partial charge in [-0.1, -0.05) is 26.7 Å². The fraction of sp³-hybridized carbons (Fsp3) is 0.538. The van der Waals surface area contributed by atoms with Crippen molar-refractivity contribution in [3.63, 3.8) is 0 Å². The Morgan fingerprint density at radius 2 is 1.84 bits per heavy atom. The van der Waals surface area contributed by atoms with Gasteiger partial charge >= 0.3 is 0 Å². The van der Waals surface area contributed by atoms with Crippen LogP contribution in [-0.2, 0) is 10.0 Å². The second-order valence-electron chi connectivity index (χ2n) is 4.47. The van der Waals surface area contributed by atoms with Gasteiger partial charge in [-0.3, -0.25) is 0 Å². The first-order valence-electron chi connectivity index (χ1n) is 6.38. The van der Waals surface area contributed by atoms with Crippen molar-refractivity contribution in [1.29, 1.82) is 0 Å². The molecule has 3 nitrogen and oxygen atoms in total. The van der Waals surface area contributed by atoms with Crippen LogP contribution >= 0.6 is 15.9 Å². The zero-order valence-electron chi connectivity index (χ0n) is 11.1. The molecule has 1 N–H and O–H groups in total. The summed E-state index contributed by atoms with van der Waals surface area (Å²) in [5, 5.41) is 0. The monoisotopic (exact) mass is 351 g/mol. The van der Waals surface area contributed by atoms with E-state index in [2.05, 4.69) is 20.7 Å². The zero-order chi connectivity index (χ0) is 14.5. The van der Waals surface area contributed by atoms with Gasteiger partial charge in [0.25, 0.3) is 0 Å². The summed E-state index contributed by atoms with van der Waals surface area (Å²) in [5.74, 6) is -0.578. The van der Waals surface area contributed by atoms with Crippen LogP contribution in [0.5, 0.6) is 0 Å². The molecule has 0 heterocycles. The fourth-order valence-corrected chi connectivity index (χ4v) is 3.45. The molecule has 1 aromatic rings. The van der Waals surface area contributed by atoms with E-state index in [9.17, 15) is 12.8 Å². The van der Waals surface area contributed by atoms with Crippen molar-refractivity contribution < 1.29 is 12.8 Å². The Bertz CT molecular complexity index is 513. The van der Waals surface area contributed by atoms with Crippen LogP contribution in [0.3, 0.4) is 0 Å². The van der Waals surface area contributed by atoms with Gasteiger partial charge in [0.1, 0.15) is 5.82 Å². The molecule has 0 bridgehead atoms. The SMILES string of the molecule is CCCC(CCC)NS(=O)(=O)c1ccc(Br)c(F)c1. The lowest BCUT2D eigenvalue weighted by Gasteiger charge is -2.17. The van der Waals surface area contributed by atoms with Gasteiger partial charge in [-0.15, -0.1) is 0 Å². The third-order valence-electron chi connectivity index (χ3n) is 2.80. The van der Waals surface area contributed by atoms with Crippen molar-refractivity contribution in [2.75, 3.05) is 0 Å². The Morgan fingerprint density at radius 3 is 2.32 bits per heavy atom. The average molecular weight is 352 g/mol. The molecule has 6 heteroatoms. The molecule has 1 rings (SSSR count). The highest BCUT2D eigenvalue weighted by Crippen LogP contribution is 2.20. The molecule has 0 fully saturated rings. The minimum atomic E-state index is -3.65. The standard InChI is InChI=1S/C13H19BrFNO2S/c1-3-5-10(6-4-2)16-19(17,18)11-7-8-12(14)13(15)9-11/h7-10,16H,3-6H2,1-2H3. The van der Waals surface area contributed by atoms with Gasteiger partial charge in [-0.05, 0) is 47.0 Å². The van der Waals surface area contributed by atoms with E-state index in [-0.39, 0.29) is 15.4 Å². The predicted molar refractivity (Wildman–Crippen MR) is 78.0 cm³/mol. The number of benzene rings is 1. The van der Waals surface area contributed by atoms with Crippen molar-refractivity contribution in [3.8, 4) is 0 Å². The molecule has 0 atom stereocenters. The average Bonchev–Trinajstić information content (AvgIpc) is 2.32. The number of hydrogen-bond donors (Lipinski definition) is 1. The number of halogens is 2. The van der Waals surface area contributed by atoms with Gasteiger partial charge in [-0.2, -0.15) is 0 Å². The number of sulfonamides is 1. The quantitative estimate of drug-likeness (QED) is 0.811. The van der Waals surface area contributed by atoms with Crippen molar-refractivity contribution in [2.45, 2.75) is 50.5 Å². The van der Waals surface area contributed by atoms with Crippen molar-refractivity contribution in [3.05, 3.63) is 28.5 Å². The highest BCUT2D eigenvalue weighted by atomic mass is 79.9. The summed E-state index contributed by atoms with van der Waals surface area (Å²) >= 11 is 3.01. The Labute approximate surface area is 122 Å². The highest BCUT2D eigenvalue weighted by Gasteiger charge is 2.20. The minimum absolute atomic E-state index is 0.0367. The second-order valence-corrected chi connectivity index (χ2v) is 7.04. The Balaban J connectivity index is 2.92. The lowest BCUT2D eigenvalue weighted by molar-refractivity contribution is 0.493. The first-order chi connectivity index (χ1) is 8.90. The molecule has 0 unspecified atom stereocenters. The lowest BCUT2D eigenvalue weighted by atomic mass is 10.1. The molecule has 1 aromatic carbocycles. The summed E-state index contributed by atoms with van der Waals surface area (Å²) in [5.41, 5.74) is 0. The van der Waals surface area contributed by atoms with Crippen LogP contribution in [0, 0.1) is 5.82 Å². The van der Waals surface area contributed by atoms with Crippen molar-refractivity contribution in [1.82, 2.24) is 4.72 Å². The maximum Gasteiger partial charge on any atom is 0.240 e. The molecule has 19 heavy (non-hydrogen) atoms. The van der Waals surface area contributed by atoms with E-state index in [0.717, 1.165) is 31.7 Å². The van der Waals surface area contributed by atoms with Crippen LogP contribution in [0.4, 0.5) is 4.39 Å². The van der Waals surface area contributed by atoms with Crippen LogP contribution < -0.4 is 4.72 Å². The summed E-state index contributed by atoms with van der Waals surface area (Å²) in [6, 6.07) is 3.73. The topological polar surface area (TPSA) is 46.2 Å². The number of nitrogens with one attached hydrogen (secondary N) is 1. The van der Waals surface area contributed by atoms with E-state index >= 15 is 0 Å². The molecule has 0 amide bonds. The molecule has 0 radical (unpaired) electrons. The van der Waals surface area contributed by atoms with Crippen LogP contribution in [0.25, 0.3) is 0 Å². The summed E-state index contributed by atoms with van der Waals surface area (Å²) in [6.07, 6.45) is 3.38. The first-order valence-corrected chi connectivity index (χ1v) is 8.65. The summed E-state index contributed by atoms with van der Waals surface area (Å²) in [6.45, 7) is 4.02. The largest absolute Gasteiger partial charge is 0.240 e. The third kappa shape index (κ3) is 4.85. The van der Waals surface area contributed by atoms with Gasteiger partial charge in [0.05, 0.1) is 9.37 Å². The zero-order valence-corrected chi connectivity index (χ0v) is 13.5. The predicted octanol–water partition coefficient (Wildman–Crippen LogP) is 3.84. The van der Waals surface area contributed by atoms with Crippen LogP contribution in [0.2, 0.25) is 0 Å². The third-order valence-corrected chi connectivity index (χ3v) is 4.96. The smallest absolute Gasteiger partial charge is 0.208 e. The van der Waals surface area contributed by atoms with Crippen LogP contribution in [0.1, 0.15) is 39.5 Å². The Hall–Kier alpha value is -0.460. The molecular formula is C13H19BrFNO2S. The van der Waals surface area contributed by atoms with E-state index in [1.165, 1.54) is 12.1 Å². The normalized spacial score (nSPS) is 12.1. The second kappa shape index (κ2) is 7.36. The molecule has 0 saturated carbocycles. The van der Waals surface area contributed by atoms with Crippen LogP contribution in [-0.4, -0.2) is 14.5 Å².